The van der Waals surface area contributed by atoms with Crippen LogP contribution in [0.2, 0.25) is 0 Å². The third-order valence-electron chi connectivity index (χ3n) is 6.37. The molecule has 3 aromatic heterocycles. The zero-order valence-electron chi connectivity index (χ0n) is 18.5. The summed E-state index contributed by atoms with van der Waals surface area (Å²) in [5.41, 5.74) is 8.97. The van der Waals surface area contributed by atoms with Crippen molar-refractivity contribution in [3.05, 3.63) is 79.0 Å². The number of phenolic OH excluding ortho intramolecular Hbond substituents is 1. The number of rotatable bonds is 3. The molecule has 0 saturated heterocycles. The van der Waals surface area contributed by atoms with Crippen LogP contribution in [0.5, 0.6) is 5.75 Å². The molecular weight excluding hydrogens is 449 g/mol. The number of benzene rings is 2. The molecular formula is C25H20FN7O2. The molecule has 0 spiro atoms. The molecule has 2 aromatic carbocycles. The summed E-state index contributed by atoms with van der Waals surface area (Å²) in [6.45, 7) is 4.00. The van der Waals surface area contributed by atoms with Crippen molar-refractivity contribution in [2.75, 3.05) is 17.2 Å². The number of aromatic nitrogens is 5. The number of para-hydroxylation sites is 1. The van der Waals surface area contributed by atoms with Gasteiger partial charge in [-0.3, -0.25) is 9.36 Å². The maximum Gasteiger partial charge on any atom is 0.250 e. The van der Waals surface area contributed by atoms with Crippen LogP contribution in [0, 0.1) is 5.82 Å². The molecule has 3 N–H and O–H groups in total. The van der Waals surface area contributed by atoms with Crippen molar-refractivity contribution in [1.29, 1.82) is 0 Å². The van der Waals surface area contributed by atoms with Crippen LogP contribution >= 0.6 is 0 Å². The Bertz CT molecular complexity index is 1650. The number of nitrogens with two attached hydrogens (primary N) is 1. The fourth-order valence-corrected chi connectivity index (χ4v) is 4.86. The van der Waals surface area contributed by atoms with E-state index in [2.05, 4.69) is 16.5 Å². The van der Waals surface area contributed by atoms with Crippen LogP contribution in [0.3, 0.4) is 0 Å². The summed E-state index contributed by atoms with van der Waals surface area (Å²) in [5.74, 6) is -0.363. The lowest BCUT2D eigenvalue weighted by molar-refractivity contribution is -0.114. The molecule has 1 atom stereocenters. The number of anilines is 2. The summed E-state index contributed by atoms with van der Waals surface area (Å²) >= 11 is 0. The standard InChI is InChI=1S/C25H20FN7O2/c1-2-20(35)32-12-17(10-14-5-3-4-6-18(14)32)33-24-21(23(27)28-13-29-24)25(30-33)31-8-7-15-9-16(26)11-19(34)22(15)31/h2-9,11,13,17,34H,1,10,12H2,(H2,27,28,29). The van der Waals surface area contributed by atoms with E-state index in [4.69, 9.17) is 10.8 Å². The Kier molecular flexibility index (Phi) is 4.56. The summed E-state index contributed by atoms with van der Waals surface area (Å²) in [7, 11) is 0. The lowest BCUT2D eigenvalue weighted by Gasteiger charge is -2.34. The van der Waals surface area contributed by atoms with E-state index in [0.717, 1.165) is 17.3 Å². The second kappa shape index (κ2) is 7.66. The van der Waals surface area contributed by atoms with Crippen molar-refractivity contribution >= 4 is 39.3 Å². The largest absolute Gasteiger partial charge is 0.506 e. The first-order chi connectivity index (χ1) is 17.0. The molecule has 0 saturated carbocycles. The Morgan fingerprint density at radius 2 is 2.06 bits per heavy atom. The third-order valence-corrected chi connectivity index (χ3v) is 6.37. The number of nitrogens with zero attached hydrogens (tertiary/aromatic N) is 6. The van der Waals surface area contributed by atoms with E-state index in [1.54, 1.807) is 26.4 Å². The van der Waals surface area contributed by atoms with E-state index in [-0.39, 0.29) is 23.5 Å². The first-order valence-electron chi connectivity index (χ1n) is 11.0. The molecule has 9 nitrogen and oxygen atoms in total. The van der Waals surface area contributed by atoms with Crippen molar-refractivity contribution in [3.63, 3.8) is 0 Å². The number of phenols is 1. The van der Waals surface area contributed by atoms with Crippen LogP contribution in [0.15, 0.2) is 67.6 Å². The first-order valence-corrected chi connectivity index (χ1v) is 11.0. The van der Waals surface area contributed by atoms with Crippen LogP contribution in [0.4, 0.5) is 15.9 Å². The van der Waals surface area contributed by atoms with Crippen LogP contribution in [-0.2, 0) is 11.2 Å². The molecule has 174 valence electrons. The predicted octanol–water partition coefficient (Wildman–Crippen LogP) is 3.51. The monoisotopic (exact) mass is 469 g/mol. The lowest BCUT2D eigenvalue weighted by atomic mass is 9.97. The zero-order valence-corrected chi connectivity index (χ0v) is 18.5. The van der Waals surface area contributed by atoms with Crippen LogP contribution in [-0.4, -0.2) is 41.9 Å². The second-order valence-electron chi connectivity index (χ2n) is 8.41. The van der Waals surface area contributed by atoms with Gasteiger partial charge in [-0.2, -0.15) is 5.10 Å². The number of fused-ring (bicyclic) bond motifs is 3. The number of amides is 1. The number of halogens is 1. The van der Waals surface area contributed by atoms with E-state index < -0.39 is 5.82 Å². The van der Waals surface area contributed by atoms with E-state index in [1.165, 1.54) is 18.5 Å². The number of aromatic hydroxyl groups is 1. The molecule has 10 heteroatoms. The minimum absolute atomic E-state index is 0.212. The molecule has 1 aliphatic rings. The first kappa shape index (κ1) is 20.8. The van der Waals surface area contributed by atoms with E-state index in [1.807, 2.05) is 24.3 Å². The number of carbonyl (C=O) groups is 1. The number of hydrogen-bond acceptors (Lipinski definition) is 6. The summed E-state index contributed by atoms with van der Waals surface area (Å²) in [5, 5.41) is 16.4. The van der Waals surface area contributed by atoms with Gasteiger partial charge in [0.2, 0.25) is 5.91 Å². The number of hydrogen-bond donors (Lipinski definition) is 2. The van der Waals surface area contributed by atoms with Gasteiger partial charge < -0.3 is 15.7 Å². The molecule has 0 bridgehead atoms. The van der Waals surface area contributed by atoms with Crippen molar-refractivity contribution in [2.24, 2.45) is 0 Å². The van der Waals surface area contributed by atoms with Crippen molar-refractivity contribution in [2.45, 2.75) is 12.5 Å². The van der Waals surface area contributed by atoms with Gasteiger partial charge in [0, 0.05) is 29.9 Å². The Hall–Kier alpha value is -4.73. The molecule has 1 aliphatic heterocycles. The lowest BCUT2D eigenvalue weighted by Crippen LogP contribution is -2.40. The van der Waals surface area contributed by atoms with Gasteiger partial charge in [-0.1, -0.05) is 24.8 Å². The second-order valence-corrected chi connectivity index (χ2v) is 8.41. The van der Waals surface area contributed by atoms with Gasteiger partial charge in [-0.15, -0.1) is 0 Å². The van der Waals surface area contributed by atoms with Gasteiger partial charge in [0.25, 0.3) is 0 Å². The maximum absolute atomic E-state index is 13.9. The average Bonchev–Trinajstić information content (AvgIpc) is 3.45. The smallest absolute Gasteiger partial charge is 0.250 e. The highest BCUT2D eigenvalue weighted by Gasteiger charge is 2.31. The van der Waals surface area contributed by atoms with Gasteiger partial charge in [-0.25, -0.2) is 19.0 Å². The highest BCUT2D eigenvalue weighted by molar-refractivity contribution is 6.02. The Morgan fingerprint density at radius 3 is 2.89 bits per heavy atom. The van der Waals surface area contributed by atoms with E-state index >= 15 is 0 Å². The van der Waals surface area contributed by atoms with Crippen LogP contribution in [0.1, 0.15) is 11.6 Å². The topological polar surface area (TPSA) is 115 Å². The summed E-state index contributed by atoms with van der Waals surface area (Å²) in [4.78, 5) is 23.0. The number of nitrogen functional groups attached to an aromatic ring is 1. The van der Waals surface area contributed by atoms with Crippen molar-refractivity contribution in [3.8, 4) is 11.6 Å². The van der Waals surface area contributed by atoms with Gasteiger partial charge >= 0.3 is 0 Å². The molecule has 0 aliphatic carbocycles. The predicted molar refractivity (Wildman–Crippen MR) is 130 cm³/mol. The highest BCUT2D eigenvalue weighted by atomic mass is 19.1. The van der Waals surface area contributed by atoms with E-state index in [0.29, 0.717) is 40.7 Å². The van der Waals surface area contributed by atoms with Crippen molar-refractivity contribution < 1.29 is 14.3 Å². The Balaban J connectivity index is 1.56. The van der Waals surface area contributed by atoms with Crippen LogP contribution < -0.4 is 10.6 Å². The maximum atomic E-state index is 13.9. The molecule has 0 radical (unpaired) electrons. The summed E-state index contributed by atoms with van der Waals surface area (Å²) in [6.07, 6.45) is 4.95. The van der Waals surface area contributed by atoms with Crippen molar-refractivity contribution in [1.82, 2.24) is 24.3 Å². The Labute approximate surface area is 198 Å². The van der Waals surface area contributed by atoms with E-state index in [9.17, 15) is 14.3 Å². The molecule has 0 fully saturated rings. The van der Waals surface area contributed by atoms with Gasteiger partial charge in [-0.05, 0) is 36.3 Å². The minimum atomic E-state index is -0.543. The van der Waals surface area contributed by atoms with Gasteiger partial charge in [0.1, 0.15) is 29.1 Å². The molecule has 4 heterocycles. The minimum Gasteiger partial charge on any atom is -0.506 e. The molecule has 5 aromatic rings. The molecule has 6 rings (SSSR count). The van der Waals surface area contributed by atoms with Gasteiger partial charge in [0.15, 0.2) is 11.5 Å². The summed E-state index contributed by atoms with van der Waals surface area (Å²) < 4.78 is 17.2. The number of carbonyl (C=O) groups excluding carboxylic acids is 1. The molecule has 1 amide bonds. The normalized spacial score (nSPS) is 15.5. The zero-order chi connectivity index (χ0) is 24.3. The van der Waals surface area contributed by atoms with Gasteiger partial charge in [0.05, 0.1) is 11.6 Å². The quantitative estimate of drug-likeness (QED) is 0.391. The Morgan fingerprint density at radius 1 is 1.23 bits per heavy atom. The average molecular weight is 469 g/mol. The molecule has 35 heavy (non-hydrogen) atoms. The highest BCUT2D eigenvalue weighted by Crippen LogP contribution is 2.37. The third kappa shape index (κ3) is 3.14. The summed E-state index contributed by atoms with van der Waals surface area (Å²) in [6, 6.07) is 11.5. The fraction of sp³-hybridized carbons (Fsp3) is 0.120. The fourth-order valence-electron chi connectivity index (χ4n) is 4.86. The molecule has 1 unspecified atom stereocenters. The SMILES string of the molecule is C=CC(=O)N1CC(n2nc(-n3ccc4cc(F)cc(O)c43)c3c(N)ncnc32)Cc2ccccc21. The van der Waals surface area contributed by atoms with Crippen LogP contribution in [0.25, 0.3) is 27.8 Å².